The van der Waals surface area contributed by atoms with Crippen molar-refractivity contribution in [2.75, 3.05) is 18.0 Å². The van der Waals surface area contributed by atoms with Gasteiger partial charge < -0.3 is 4.90 Å². The van der Waals surface area contributed by atoms with Gasteiger partial charge >= 0.3 is 0 Å². The molecule has 132 valence electrons. The normalized spacial score (nSPS) is 10.7. The average molecular weight is 357 g/mol. The molecule has 0 saturated heterocycles. The zero-order chi connectivity index (χ0) is 18.2. The SMILES string of the molecule is CCN(CC)c1ccc(C(=O)NNC(=O)/C=C/c2sccc2C)cc1. The molecule has 0 unspecified atom stereocenters. The maximum absolute atomic E-state index is 12.1. The predicted molar refractivity (Wildman–Crippen MR) is 104 cm³/mol. The zero-order valence-corrected chi connectivity index (χ0v) is 15.5. The standard InChI is InChI=1S/C19H23N3O2S/c1-4-22(5-2)16-8-6-15(7-9-16)19(24)21-20-18(23)11-10-17-14(3)12-13-25-17/h6-13H,4-5H2,1-3H3,(H,20,23)(H,21,24)/b11-10+. The quantitative estimate of drug-likeness (QED) is 0.615. The van der Waals surface area contributed by atoms with Crippen molar-refractivity contribution < 1.29 is 9.59 Å². The van der Waals surface area contributed by atoms with Crippen LogP contribution in [0.5, 0.6) is 0 Å². The maximum Gasteiger partial charge on any atom is 0.269 e. The van der Waals surface area contributed by atoms with Crippen molar-refractivity contribution in [2.24, 2.45) is 0 Å². The average Bonchev–Trinajstić information content (AvgIpc) is 3.04. The fraction of sp³-hybridized carbons (Fsp3) is 0.263. The minimum absolute atomic E-state index is 0.347. The Morgan fingerprint density at radius 1 is 1.08 bits per heavy atom. The van der Waals surface area contributed by atoms with E-state index in [2.05, 4.69) is 29.6 Å². The van der Waals surface area contributed by atoms with E-state index in [0.717, 1.165) is 29.2 Å². The number of rotatable bonds is 6. The van der Waals surface area contributed by atoms with Crippen LogP contribution in [0.4, 0.5) is 5.69 Å². The smallest absolute Gasteiger partial charge is 0.269 e. The van der Waals surface area contributed by atoms with Gasteiger partial charge in [-0.1, -0.05) is 0 Å². The third-order valence-corrected chi connectivity index (χ3v) is 4.83. The van der Waals surface area contributed by atoms with Crippen molar-refractivity contribution >= 4 is 34.9 Å². The van der Waals surface area contributed by atoms with Crippen LogP contribution in [0.1, 0.15) is 34.6 Å². The zero-order valence-electron chi connectivity index (χ0n) is 14.7. The molecule has 2 N–H and O–H groups in total. The molecule has 0 aliphatic rings. The Labute approximate surface area is 152 Å². The minimum atomic E-state index is -0.374. The van der Waals surface area contributed by atoms with Gasteiger partial charge in [-0.3, -0.25) is 20.4 Å². The lowest BCUT2D eigenvalue weighted by atomic mass is 10.2. The van der Waals surface area contributed by atoms with Crippen LogP contribution in [-0.4, -0.2) is 24.9 Å². The lowest BCUT2D eigenvalue weighted by Crippen LogP contribution is -2.40. The van der Waals surface area contributed by atoms with Crippen LogP contribution in [0.25, 0.3) is 6.08 Å². The highest BCUT2D eigenvalue weighted by molar-refractivity contribution is 7.11. The van der Waals surface area contributed by atoms with Crippen molar-refractivity contribution in [1.29, 1.82) is 0 Å². The van der Waals surface area contributed by atoms with Crippen molar-refractivity contribution in [3.63, 3.8) is 0 Å². The number of aryl methyl sites for hydroxylation is 1. The number of hydrazine groups is 1. The molecule has 0 saturated carbocycles. The van der Waals surface area contributed by atoms with Gasteiger partial charge in [0.05, 0.1) is 0 Å². The van der Waals surface area contributed by atoms with E-state index in [0.29, 0.717) is 5.56 Å². The molecule has 2 rings (SSSR count). The summed E-state index contributed by atoms with van der Waals surface area (Å²) in [7, 11) is 0. The Morgan fingerprint density at radius 2 is 1.76 bits per heavy atom. The highest BCUT2D eigenvalue weighted by atomic mass is 32.1. The summed E-state index contributed by atoms with van der Waals surface area (Å²) in [5.74, 6) is -0.721. The van der Waals surface area contributed by atoms with E-state index in [9.17, 15) is 9.59 Å². The first-order chi connectivity index (χ1) is 12.0. The van der Waals surface area contributed by atoms with Gasteiger partial charge in [-0.15, -0.1) is 11.3 Å². The topological polar surface area (TPSA) is 61.4 Å². The van der Waals surface area contributed by atoms with Crippen LogP contribution in [0.2, 0.25) is 0 Å². The lowest BCUT2D eigenvalue weighted by molar-refractivity contribution is -0.117. The van der Waals surface area contributed by atoms with Gasteiger partial charge in [-0.2, -0.15) is 0 Å². The van der Waals surface area contributed by atoms with E-state index in [1.165, 1.54) is 6.08 Å². The second kappa shape index (κ2) is 9.03. The third-order valence-electron chi connectivity index (χ3n) is 3.85. The Bertz CT molecular complexity index is 746. The number of thiophene rings is 1. The molecular formula is C19H23N3O2S. The number of anilines is 1. The molecule has 0 aliphatic heterocycles. The number of nitrogens with one attached hydrogen (secondary N) is 2. The Balaban J connectivity index is 1.88. The highest BCUT2D eigenvalue weighted by Gasteiger charge is 2.08. The Morgan fingerprint density at radius 3 is 2.32 bits per heavy atom. The minimum Gasteiger partial charge on any atom is -0.372 e. The number of hydrogen-bond acceptors (Lipinski definition) is 4. The molecule has 0 fully saturated rings. The number of carbonyl (C=O) groups excluding carboxylic acids is 2. The first-order valence-corrected chi connectivity index (χ1v) is 9.10. The first-order valence-electron chi connectivity index (χ1n) is 8.22. The summed E-state index contributed by atoms with van der Waals surface area (Å²) in [6, 6.07) is 9.30. The summed E-state index contributed by atoms with van der Waals surface area (Å²) < 4.78 is 0. The van der Waals surface area contributed by atoms with Crippen LogP contribution in [-0.2, 0) is 4.79 Å². The van der Waals surface area contributed by atoms with E-state index in [1.807, 2.05) is 30.5 Å². The summed E-state index contributed by atoms with van der Waals surface area (Å²) in [4.78, 5) is 27.1. The van der Waals surface area contributed by atoms with E-state index in [-0.39, 0.29) is 11.8 Å². The number of hydrogen-bond donors (Lipinski definition) is 2. The van der Waals surface area contributed by atoms with E-state index >= 15 is 0 Å². The fourth-order valence-corrected chi connectivity index (χ4v) is 3.17. The molecule has 0 atom stereocenters. The lowest BCUT2D eigenvalue weighted by Gasteiger charge is -2.21. The molecule has 0 radical (unpaired) electrons. The molecule has 0 aliphatic carbocycles. The number of benzene rings is 1. The molecular weight excluding hydrogens is 334 g/mol. The van der Waals surface area contributed by atoms with Crippen LogP contribution in [0.15, 0.2) is 41.8 Å². The van der Waals surface area contributed by atoms with Gasteiger partial charge in [-0.05, 0) is 68.1 Å². The monoisotopic (exact) mass is 357 g/mol. The summed E-state index contributed by atoms with van der Waals surface area (Å²) in [6.07, 6.45) is 3.14. The van der Waals surface area contributed by atoms with Gasteiger partial charge in [0.2, 0.25) is 0 Å². The van der Waals surface area contributed by atoms with Gasteiger partial charge in [0, 0.05) is 35.3 Å². The first kappa shape index (κ1) is 18.7. The molecule has 2 amide bonds. The molecule has 2 aromatic rings. The summed E-state index contributed by atoms with van der Waals surface area (Å²) >= 11 is 1.56. The molecule has 1 aromatic heterocycles. The molecule has 1 heterocycles. The van der Waals surface area contributed by atoms with Crippen LogP contribution < -0.4 is 15.8 Å². The van der Waals surface area contributed by atoms with Gasteiger partial charge in [0.25, 0.3) is 11.8 Å². The summed E-state index contributed by atoms with van der Waals surface area (Å²) in [6.45, 7) is 7.98. The third kappa shape index (κ3) is 5.19. The van der Waals surface area contributed by atoms with Crippen molar-refractivity contribution in [1.82, 2.24) is 10.9 Å². The molecule has 6 heteroatoms. The second-order valence-electron chi connectivity index (χ2n) is 5.46. The van der Waals surface area contributed by atoms with Crippen LogP contribution >= 0.6 is 11.3 Å². The van der Waals surface area contributed by atoms with Crippen molar-refractivity contribution in [3.05, 3.63) is 57.8 Å². The van der Waals surface area contributed by atoms with Crippen molar-refractivity contribution in [3.8, 4) is 0 Å². The predicted octanol–water partition coefficient (Wildman–Crippen LogP) is 3.38. The summed E-state index contributed by atoms with van der Waals surface area (Å²) in [5, 5.41) is 1.97. The molecule has 0 spiro atoms. The van der Waals surface area contributed by atoms with Gasteiger partial charge in [0.1, 0.15) is 0 Å². The molecule has 5 nitrogen and oxygen atoms in total. The second-order valence-corrected chi connectivity index (χ2v) is 6.41. The van der Waals surface area contributed by atoms with Gasteiger partial charge in [0.15, 0.2) is 0 Å². The van der Waals surface area contributed by atoms with E-state index < -0.39 is 0 Å². The molecule has 25 heavy (non-hydrogen) atoms. The van der Waals surface area contributed by atoms with E-state index in [4.69, 9.17) is 0 Å². The van der Waals surface area contributed by atoms with Gasteiger partial charge in [-0.25, -0.2) is 0 Å². The maximum atomic E-state index is 12.1. The fourth-order valence-electron chi connectivity index (χ4n) is 2.35. The largest absolute Gasteiger partial charge is 0.372 e. The van der Waals surface area contributed by atoms with Crippen LogP contribution in [0, 0.1) is 6.92 Å². The Hall–Kier alpha value is -2.60. The van der Waals surface area contributed by atoms with Crippen molar-refractivity contribution in [2.45, 2.75) is 20.8 Å². The number of amides is 2. The molecule has 1 aromatic carbocycles. The number of nitrogens with zero attached hydrogens (tertiary/aromatic N) is 1. The molecule has 0 bridgehead atoms. The Kier molecular flexibility index (Phi) is 6.77. The summed E-state index contributed by atoms with van der Waals surface area (Å²) in [5.41, 5.74) is 7.49. The highest BCUT2D eigenvalue weighted by Crippen LogP contribution is 2.17. The number of carbonyl (C=O) groups is 2. The van der Waals surface area contributed by atoms with Crippen LogP contribution in [0.3, 0.4) is 0 Å². The van der Waals surface area contributed by atoms with E-state index in [1.54, 1.807) is 29.5 Å².